The van der Waals surface area contributed by atoms with Crippen LogP contribution in [0.3, 0.4) is 0 Å². The fourth-order valence-corrected chi connectivity index (χ4v) is 2.62. The first-order chi connectivity index (χ1) is 9.60. The lowest BCUT2D eigenvalue weighted by molar-refractivity contribution is 0.571. The second-order valence-electron chi connectivity index (χ2n) is 4.77. The number of alkyl halides is 1. The molecule has 4 heteroatoms. The summed E-state index contributed by atoms with van der Waals surface area (Å²) >= 11 is 11.9. The Morgan fingerprint density at radius 1 is 1.00 bits per heavy atom. The Balaban J connectivity index is 2.11. The zero-order chi connectivity index (χ0) is 14.5. The van der Waals surface area contributed by atoms with E-state index in [9.17, 15) is 8.78 Å². The van der Waals surface area contributed by atoms with Crippen molar-refractivity contribution < 1.29 is 8.78 Å². The average molecular weight is 315 g/mol. The standard InChI is InChI=1S/C16H14Cl2F2/c17-10-12(7-11-3-1-5-14(19)9-11)8-13-4-2-6-15(20)16(13)18/h1-6,9,12H,7-8,10H2. The van der Waals surface area contributed by atoms with Gasteiger partial charge in [-0.25, -0.2) is 8.78 Å². The van der Waals surface area contributed by atoms with Crippen molar-refractivity contribution in [3.05, 3.63) is 70.2 Å². The Kier molecular flexibility index (Phi) is 5.38. The van der Waals surface area contributed by atoms with Crippen molar-refractivity contribution in [1.82, 2.24) is 0 Å². The monoisotopic (exact) mass is 314 g/mol. The van der Waals surface area contributed by atoms with Crippen molar-refractivity contribution in [3.8, 4) is 0 Å². The van der Waals surface area contributed by atoms with Crippen LogP contribution in [0.2, 0.25) is 5.02 Å². The first-order valence-corrected chi connectivity index (χ1v) is 7.24. The van der Waals surface area contributed by atoms with Gasteiger partial charge in [0.25, 0.3) is 0 Å². The van der Waals surface area contributed by atoms with Gasteiger partial charge in [0, 0.05) is 5.88 Å². The lowest BCUT2D eigenvalue weighted by Gasteiger charge is -2.15. The molecule has 2 rings (SSSR count). The van der Waals surface area contributed by atoms with Gasteiger partial charge in [0.2, 0.25) is 0 Å². The van der Waals surface area contributed by atoms with Crippen LogP contribution in [0.25, 0.3) is 0 Å². The molecule has 0 saturated carbocycles. The van der Waals surface area contributed by atoms with Crippen molar-refractivity contribution in [3.63, 3.8) is 0 Å². The summed E-state index contributed by atoms with van der Waals surface area (Å²) in [6.07, 6.45) is 1.20. The smallest absolute Gasteiger partial charge is 0.142 e. The fraction of sp³-hybridized carbons (Fsp3) is 0.250. The third kappa shape index (κ3) is 3.94. The lowest BCUT2D eigenvalue weighted by Crippen LogP contribution is -2.11. The Hall–Kier alpha value is -1.12. The zero-order valence-corrected chi connectivity index (χ0v) is 12.3. The summed E-state index contributed by atoms with van der Waals surface area (Å²) < 4.78 is 26.6. The first kappa shape index (κ1) is 15.3. The zero-order valence-electron chi connectivity index (χ0n) is 10.8. The summed E-state index contributed by atoms with van der Waals surface area (Å²) in [7, 11) is 0. The van der Waals surface area contributed by atoms with E-state index in [4.69, 9.17) is 23.2 Å². The van der Waals surface area contributed by atoms with Crippen molar-refractivity contribution in [2.24, 2.45) is 5.92 Å². The number of halogens is 4. The van der Waals surface area contributed by atoms with Gasteiger partial charge in [0.05, 0.1) is 5.02 Å². The largest absolute Gasteiger partial charge is 0.207 e. The summed E-state index contributed by atoms with van der Waals surface area (Å²) in [6, 6.07) is 11.2. The van der Waals surface area contributed by atoms with E-state index in [1.807, 2.05) is 6.07 Å². The molecule has 2 aromatic carbocycles. The molecule has 0 radical (unpaired) electrons. The molecule has 0 aliphatic rings. The summed E-state index contributed by atoms with van der Waals surface area (Å²) in [5.41, 5.74) is 1.61. The number of benzene rings is 2. The molecule has 0 N–H and O–H groups in total. The van der Waals surface area contributed by atoms with E-state index in [0.717, 1.165) is 11.1 Å². The van der Waals surface area contributed by atoms with Crippen LogP contribution in [-0.2, 0) is 12.8 Å². The van der Waals surface area contributed by atoms with Gasteiger partial charge in [-0.1, -0.05) is 35.9 Å². The molecule has 0 saturated heterocycles. The van der Waals surface area contributed by atoms with E-state index < -0.39 is 5.82 Å². The minimum absolute atomic E-state index is 0.0813. The SMILES string of the molecule is Fc1cccc(CC(CCl)Cc2cccc(F)c2Cl)c1. The van der Waals surface area contributed by atoms with E-state index >= 15 is 0 Å². The molecule has 0 aliphatic heterocycles. The van der Waals surface area contributed by atoms with E-state index in [1.165, 1.54) is 18.2 Å². The summed E-state index contributed by atoms with van der Waals surface area (Å²) in [5, 5.41) is 0.141. The minimum atomic E-state index is -0.428. The molecule has 1 unspecified atom stereocenters. The van der Waals surface area contributed by atoms with Gasteiger partial charge < -0.3 is 0 Å². The lowest BCUT2D eigenvalue weighted by atomic mass is 9.94. The van der Waals surface area contributed by atoms with Gasteiger partial charge in [0.15, 0.2) is 0 Å². The van der Waals surface area contributed by atoms with Crippen LogP contribution in [0, 0.1) is 17.6 Å². The molecule has 0 nitrogen and oxygen atoms in total. The molecule has 0 fully saturated rings. The highest BCUT2D eigenvalue weighted by Crippen LogP contribution is 2.24. The predicted molar refractivity (Wildman–Crippen MR) is 79.4 cm³/mol. The fourth-order valence-electron chi connectivity index (χ4n) is 2.20. The van der Waals surface area contributed by atoms with Crippen molar-refractivity contribution in [2.45, 2.75) is 12.8 Å². The minimum Gasteiger partial charge on any atom is -0.207 e. The maximum absolute atomic E-state index is 13.4. The highest BCUT2D eigenvalue weighted by atomic mass is 35.5. The van der Waals surface area contributed by atoms with E-state index in [1.54, 1.807) is 18.2 Å². The molecule has 106 valence electrons. The molecule has 0 amide bonds. The van der Waals surface area contributed by atoms with Crippen molar-refractivity contribution >= 4 is 23.2 Å². The van der Waals surface area contributed by atoms with Crippen LogP contribution in [0.1, 0.15) is 11.1 Å². The summed E-state index contributed by atoms with van der Waals surface area (Å²) in [5.74, 6) is -0.204. The van der Waals surface area contributed by atoms with Gasteiger partial charge in [-0.05, 0) is 48.1 Å². The van der Waals surface area contributed by atoms with Crippen LogP contribution < -0.4 is 0 Å². The highest BCUT2D eigenvalue weighted by Gasteiger charge is 2.14. The van der Waals surface area contributed by atoms with Gasteiger partial charge in [-0.2, -0.15) is 0 Å². The second kappa shape index (κ2) is 7.05. The van der Waals surface area contributed by atoms with E-state index in [0.29, 0.717) is 18.7 Å². The number of hydrogen-bond donors (Lipinski definition) is 0. The Morgan fingerprint density at radius 3 is 2.45 bits per heavy atom. The van der Waals surface area contributed by atoms with Crippen molar-refractivity contribution in [2.75, 3.05) is 5.88 Å². The van der Waals surface area contributed by atoms with Gasteiger partial charge in [-0.15, -0.1) is 11.6 Å². The Bertz CT molecular complexity index is 584. The van der Waals surface area contributed by atoms with Gasteiger partial charge in [0.1, 0.15) is 11.6 Å². The predicted octanol–water partition coefficient (Wildman–Crippen LogP) is 5.26. The molecular weight excluding hydrogens is 301 g/mol. The molecule has 2 aromatic rings. The Morgan fingerprint density at radius 2 is 1.75 bits per heavy atom. The van der Waals surface area contributed by atoms with Crippen LogP contribution >= 0.6 is 23.2 Å². The average Bonchev–Trinajstić information content (AvgIpc) is 2.43. The maximum atomic E-state index is 13.4. The van der Waals surface area contributed by atoms with Gasteiger partial charge in [-0.3, -0.25) is 0 Å². The third-order valence-electron chi connectivity index (χ3n) is 3.17. The molecule has 0 aliphatic carbocycles. The molecule has 20 heavy (non-hydrogen) atoms. The van der Waals surface area contributed by atoms with E-state index in [2.05, 4.69) is 0 Å². The molecule has 1 atom stereocenters. The highest BCUT2D eigenvalue weighted by molar-refractivity contribution is 6.31. The topological polar surface area (TPSA) is 0 Å². The van der Waals surface area contributed by atoms with Crippen LogP contribution in [0.4, 0.5) is 8.78 Å². The van der Waals surface area contributed by atoms with Crippen LogP contribution in [0.15, 0.2) is 42.5 Å². The third-order valence-corrected chi connectivity index (χ3v) is 4.03. The Labute approximate surface area is 127 Å². The normalized spacial score (nSPS) is 12.4. The molecular formula is C16H14Cl2F2. The molecule has 0 aromatic heterocycles. The summed E-state index contributed by atoms with van der Waals surface area (Å²) in [4.78, 5) is 0. The van der Waals surface area contributed by atoms with Gasteiger partial charge >= 0.3 is 0 Å². The quantitative estimate of drug-likeness (QED) is 0.660. The van der Waals surface area contributed by atoms with Crippen LogP contribution in [0.5, 0.6) is 0 Å². The maximum Gasteiger partial charge on any atom is 0.142 e. The second-order valence-corrected chi connectivity index (χ2v) is 5.46. The molecule has 0 heterocycles. The van der Waals surface area contributed by atoms with Crippen molar-refractivity contribution in [1.29, 1.82) is 0 Å². The first-order valence-electron chi connectivity index (χ1n) is 6.33. The number of hydrogen-bond acceptors (Lipinski definition) is 0. The van der Waals surface area contributed by atoms with Crippen LogP contribution in [-0.4, -0.2) is 5.88 Å². The molecule has 0 spiro atoms. The number of rotatable bonds is 5. The molecule has 0 bridgehead atoms. The summed E-state index contributed by atoms with van der Waals surface area (Å²) in [6.45, 7) is 0. The van der Waals surface area contributed by atoms with E-state index in [-0.39, 0.29) is 16.8 Å².